The van der Waals surface area contributed by atoms with E-state index in [4.69, 9.17) is 19.4 Å². The fourth-order valence-corrected chi connectivity index (χ4v) is 3.65. The number of fused-ring (bicyclic) bond motifs is 1. The number of carbonyl (C=O) groups excluding carboxylic acids is 2. The molecular weight excluding hydrogens is 424 g/mol. The molecule has 0 saturated heterocycles. The molecular formula is C25H30N2O6. The molecule has 2 aromatic carbocycles. The van der Waals surface area contributed by atoms with E-state index in [0.29, 0.717) is 44.0 Å². The average molecular weight is 455 g/mol. The van der Waals surface area contributed by atoms with Gasteiger partial charge < -0.3 is 19.1 Å². The SMILES string of the molecule is COc1cc2c(cc1OC)CN(C(=O)/C=C/c1ccc(OCCCCC(=O)NO)cc1)CC2. The van der Waals surface area contributed by atoms with Gasteiger partial charge >= 0.3 is 0 Å². The van der Waals surface area contributed by atoms with Crippen molar-refractivity contribution in [1.82, 2.24) is 10.4 Å². The largest absolute Gasteiger partial charge is 0.494 e. The Labute approximate surface area is 193 Å². The first-order chi connectivity index (χ1) is 16.0. The highest BCUT2D eigenvalue weighted by Gasteiger charge is 2.21. The number of ether oxygens (including phenoxy) is 3. The van der Waals surface area contributed by atoms with Gasteiger partial charge in [-0.05, 0) is 66.3 Å². The fourth-order valence-electron chi connectivity index (χ4n) is 3.65. The maximum atomic E-state index is 12.7. The molecule has 8 heteroatoms. The zero-order valence-corrected chi connectivity index (χ0v) is 19.0. The summed E-state index contributed by atoms with van der Waals surface area (Å²) >= 11 is 0. The second-order valence-electron chi connectivity index (χ2n) is 7.73. The van der Waals surface area contributed by atoms with Crippen LogP contribution in [0.4, 0.5) is 0 Å². The second kappa shape index (κ2) is 11.9. The minimum Gasteiger partial charge on any atom is -0.494 e. The Morgan fingerprint density at radius 2 is 1.76 bits per heavy atom. The maximum Gasteiger partial charge on any atom is 0.246 e. The topological polar surface area (TPSA) is 97.3 Å². The van der Waals surface area contributed by atoms with Crippen LogP contribution in [0.15, 0.2) is 42.5 Å². The van der Waals surface area contributed by atoms with E-state index in [1.807, 2.05) is 41.3 Å². The third-order valence-corrected chi connectivity index (χ3v) is 5.52. The van der Waals surface area contributed by atoms with E-state index in [2.05, 4.69) is 0 Å². The Bertz CT molecular complexity index is 987. The summed E-state index contributed by atoms with van der Waals surface area (Å²) < 4.78 is 16.4. The van der Waals surface area contributed by atoms with Crippen LogP contribution in [-0.2, 0) is 22.6 Å². The smallest absolute Gasteiger partial charge is 0.246 e. The molecule has 2 amide bonds. The number of methoxy groups -OCH3 is 2. The van der Waals surface area contributed by atoms with E-state index in [0.717, 1.165) is 23.3 Å². The molecule has 0 fully saturated rings. The lowest BCUT2D eigenvalue weighted by Crippen LogP contribution is -2.34. The molecule has 176 valence electrons. The number of unbranched alkanes of at least 4 members (excludes halogenated alkanes) is 1. The number of amides is 2. The van der Waals surface area contributed by atoms with Crippen molar-refractivity contribution >= 4 is 17.9 Å². The van der Waals surface area contributed by atoms with Gasteiger partial charge in [-0.2, -0.15) is 0 Å². The van der Waals surface area contributed by atoms with Crippen molar-refractivity contribution in [3.63, 3.8) is 0 Å². The molecule has 0 aromatic heterocycles. The van der Waals surface area contributed by atoms with Gasteiger partial charge in [0.1, 0.15) is 5.75 Å². The van der Waals surface area contributed by atoms with E-state index < -0.39 is 5.91 Å². The number of hydrogen-bond acceptors (Lipinski definition) is 6. The van der Waals surface area contributed by atoms with Crippen LogP contribution in [0.25, 0.3) is 6.08 Å². The van der Waals surface area contributed by atoms with Crippen molar-refractivity contribution in [1.29, 1.82) is 0 Å². The summed E-state index contributed by atoms with van der Waals surface area (Å²) in [6, 6.07) is 11.4. The van der Waals surface area contributed by atoms with Crippen molar-refractivity contribution in [3.8, 4) is 17.2 Å². The van der Waals surface area contributed by atoms with Crippen LogP contribution in [0.3, 0.4) is 0 Å². The molecule has 0 saturated carbocycles. The molecule has 0 unspecified atom stereocenters. The van der Waals surface area contributed by atoms with Gasteiger partial charge in [-0.15, -0.1) is 0 Å². The molecule has 1 heterocycles. The Kier molecular flexibility index (Phi) is 8.71. The van der Waals surface area contributed by atoms with E-state index >= 15 is 0 Å². The Morgan fingerprint density at radius 1 is 1.06 bits per heavy atom. The van der Waals surface area contributed by atoms with Crippen LogP contribution < -0.4 is 19.7 Å². The van der Waals surface area contributed by atoms with Gasteiger partial charge in [-0.25, -0.2) is 5.48 Å². The van der Waals surface area contributed by atoms with Gasteiger partial charge in [0.05, 0.1) is 20.8 Å². The minimum atomic E-state index is -0.394. The maximum absolute atomic E-state index is 12.7. The third-order valence-electron chi connectivity index (χ3n) is 5.52. The van der Waals surface area contributed by atoms with Crippen LogP contribution >= 0.6 is 0 Å². The summed E-state index contributed by atoms with van der Waals surface area (Å²) in [6.07, 6.45) is 5.77. The number of nitrogens with one attached hydrogen (secondary N) is 1. The first kappa shape index (κ1) is 24.1. The molecule has 8 nitrogen and oxygen atoms in total. The zero-order valence-electron chi connectivity index (χ0n) is 19.0. The highest BCUT2D eigenvalue weighted by Crippen LogP contribution is 2.33. The quantitative estimate of drug-likeness (QED) is 0.247. The second-order valence-corrected chi connectivity index (χ2v) is 7.73. The molecule has 0 atom stereocenters. The number of hydroxylamine groups is 1. The molecule has 0 aliphatic carbocycles. The Balaban J connectivity index is 1.50. The summed E-state index contributed by atoms with van der Waals surface area (Å²) in [7, 11) is 3.22. The van der Waals surface area contributed by atoms with Gasteiger partial charge in [0.2, 0.25) is 11.8 Å². The summed E-state index contributed by atoms with van der Waals surface area (Å²) in [6.45, 7) is 1.67. The summed E-state index contributed by atoms with van der Waals surface area (Å²) in [5.74, 6) is 1.66. The van der Waals surface area contributed by atoms with Gasteiger partial charge in [0.15, 0.2) is 11.5 Å². The Hall–Kier alpha value is -3.52. The van der Waals surface area contributed by atoms with Gasteiger partial charge in [-0.1, -0.05) is 12.1 Å². The fraction of sp³-hybridized carbons (Fsp3) is 0.360. The average Bonchev–Trinajstić information content (AvgIpc) is 2.86. The predicted molar refractivity (Wildman–Crippen MR) is 123 cm³/mol. The van der Waals surface area contributed by atoms with Crippen LogP contribution in [0, 0.1) is 0 Å². The number of rotatable bonds is 10. The van der Waals surface area contributed by atoms with Crippen LogP contribution in [-0.4, -0.2) is 49.3 Å². The summed E-state index contributed by atoms with van der Waals surface area (Å²) in [5.41, 5.74) is 4.76. The van der Waals surface area contributed by atoms with Gasteiger partial charge in [-0.3, -0.25) is 14.8 Å². The first-order valence-corrected chi connectivity index (χ1v) is 10.9. The van der Waals surface area contributed by atoms with Crippen molar-refractivity contribution in [3.05, 3.63) is 59.2 Å². The van der Waals surface area contributed by atoms with Crippen LogP contribution in [0.1, 0.15) is 36.0 Å². The summed E-state index contributed by atoms with van der Waals surface area (Å²) in [4.78, 5) is 25.5. The molecule has 2 aromatic rings. The van der Waals surface area contributed by atoms with Crippen molar-refractivity contribution in [2.45, 2.75) is 32.2 Å². The minimum absolute atomic E-state index is 0.0392. The summed E-state index contributed by atoms with van der Waals surface area (Å²) in [5, 5.41) is 8.45. The van der Waals surface area contributed by atoms with Gasteiger partial charge in [0.25, 0.3) is 0 Å². The van der Waals surface area contributed by atoms with E-state index in [9.17, 15) is 9.59 Å². The first-order valence-electron chi connectivity index (χ1n) is 10.9. The number of benzene rings is 2. The van der Waals surface area contributed by atoms with E-state index in [1.54, 1.807) is 31.9 Å². The lowest BCUT2D eigenvalue weighted by atomic mass is 9.98. The molecule has 33 heavy (non-hydrogen) atoms. The van der Waals surface area contributed by atoms with E-state index in [-0.39, 0.29) is 12.3 Å². The zero-order chi connectivity index (χ0) is 23.6. The highest BCUT2D eigenvalue weighted by molar-refractivity contribution is 5.92. The van der Waals surface area contributed by atoms with Crippen molar-refractivity contribution in [2.24, 2.45) is 0 Å². The predicted octanol–water partition coefficient (Wildman–Crippen LogP) is 3.36. The lowest BCUT2D eigenvalue weighted by molar-refractivity contribution is -0.129. The third kappa shape index (κ3) is 6.73. The lowest BCUT2D eigenvalue weighted by Gasteiger charge is -2.28. The highest BCUT2D eigenvalue weighted by atomic mass is 16.5. The van der Waals surface area contributed by atoms with E-state index in [1.165, 1.54) is 5.56 Å². The van der Waals surface area contributed by atoms with Crippen LogP contribution in [0.5, 0.6) is 17.2 Å². The van der Waals surface area contributed by atoms with Crippen molar-refractivity contribution in [2.75, 3.05) is 27.4 Å². The molecule has 1 aliphatic rings. The van der Waals surface area contributed by atoms with Crippen LogP contribution in [0.2, 0.25) is 0 Å². The molecule has 0 spiro atoms. The molecule has 0 radical (unpaired) electrons. The normalized spacial score (nSPS) is 12.9. The number of nitrogens with zero attached hydrogens (tertiary/aromatic N) is 1. The molecule has 2 N–H and O–H groups in total. The number of hydrogen-bond donors (Lipinski definition) is 2. The number of carbonyl (C=O) groups is 2. The molecule has 3 rings (SSSR count). The van der Waals surface area contributed by atoms with Gasteiger partial charge in [0, 0.05) is 25.6 Å². The monoisotopic (exact) mass is 454 g/mol. The Morgan fingerprint density at radius 3 is 2.42 bits per heavy atom. The molecule has 1 aliphatic heterocycles. The van der Waals surface area contributed by atoms with Crippen molar-refractivity contribution < 1.29 is 29.0 Å². The standard InChI is InChI=1S/C25H30N2O6/c1-31-22-15-19-12-13-27(17-20(19)16-23(22)32-2)25(29)11-8-18-6-9-21(10-7-18)33-14-4-3-5-24(28)26-30/h6-11,15-16,30H,3-5,12-14,17H2,1-2H3,(H,26,28)/b11-8+. The molecule has 0 bridgehead atoms.